The molecule has 1 saturated carbocycles. The van der Waals surface area contributed by atoms with Gasteiger partial charge in [-0.2, -0.15) is 0 Å². The van der Waals surface area contributed by atoms with Crippen molar-refractivity contribution in [1.29, 1.82) is 0 Å². The molecule has 1 aromatic carbocycles. The molecule has 0 spiro atoms. The zero-order valence-electron chi connectivity index (χ0n) is 9.49. The molecule has 0 heterocycles. The highest BCUT2D eigenvalue weighted by atomic mass is 28.3. The van der Waals surface area contributed by atoms with Crippen LogP contribution in [0.3, 0.4) is 0 Å². The minimum Gasteiger partial charge on any atom is -0.418 e. The summed E-state index contributed by atoms with van der Waals surface area (Å²) >= 11 is 0. The molecule has 2 heteroatoms. The summed E-state index contributed by atoms with van der Waals surface area (Å²) in [5, 5.41) is 1.48. The average Bonchev–Trinajstić information content (AvgIpc) is 2.33. The lowest BCUT2D eigenvalue weighted by atomic mass is 10.0. The fourth-order valence-corrected chi connectivity index (χ4v) is 5.56. The molecule has 1 atom stereocenters. The van der Waals surface area contributed by atoms with Gasteiger partial charge >= 0.3 is 0 Å². The fraction of sp³-hybridized carbons (Fsp3) is 0.538. The topological polar surface area (TPSA) is 9.23 Å². The largest absolute Gasteiger partial charge is 0.418 e. The first-order chi connectivity index (χ1) is 7.42. The van der Waals surface area contributed by atoms with Crippen LogP contribution in [0, 0.1) is 0 Å². The van der Waals surface area contributed by atoms with Crippen LogP contribution in [0.15, 0.2) is 30.3 Å². The molecule has 2 rings (SSSR count). The van der Waals surface area contributed by atoms with Crippen molar-refractivity contribution in [2.45, 2.75) is 37.6 Å². The summed E-state index contributed by atoms with van der Waals surface area (Å²) in [6.45, 7) is 0. The van der Waals surface area contributed by atoms with Crippen LogP contribution < -0.4 is 5.19 Å². The second kappa shape index (κ2) is 5.47. The summed E-state index contributed by atoms with van der Waals surface area (Å²) in [5.74, 6) is 0. The van der Waals surface area contributed by atoms with Crippen molar-refractivity contribution in [1.82, 2.24) is 0 Å². The van der Waals surface area contributed by atoms with Crippen LogP contribution in [0.5, 0.6) is 0 Å². The summed E-state index contributed by atoms with van der Waals surface area (Å²) in [7, 11) is 0.749. The minimum absolute atomic E-state index is 0.867. The van der Waals surface area contributed by atoms with Crippen LogP contribution in [0.4, 0.5) is 0 Å². The third-order valence-electron chi connectivity index (χ3n) is 3.46. The van der Waals surface area contributed by atoms with Gasteiger partial charge in [-0.1, -0.05) is 62.4 Å². The summed E-state index contributed by atoms with van der Waals surface area (Å²) in [6, 6.07) is 10.9. The van der Waals surface area contributed by atoms with Gasteiger partial charge in [0.2, 0.25) is 9.04 Å². The maximum absolute atomic E-state index is 5.81. The normalized spacial score (nSPS) is 20.1. The Balaban J connectivity index is 2.09. The van der Waals surface area contributed by atoms with Gasteiger partial charge in [-0.05, 0) is 10.7 Å². The predicted molar refractivity (Wildman–Crippen MR) is 67.1 cm³/mol. The molecule has 0 saturated heterocycles. The molecule has 0 aliphatic heterocycles. The molecule has 0 bridgehead atoms. The van der Waals surface area contributed by atoms with Crippen molar-refractivity contribution in [2.75, 3.05) is 7.11 Å². The SMILES string of the molecule is CO[SiH](c1ccccc1)C1CCCCC1. The van der Waals surface area contributed by atoms with E-state index in [1.807, 2.05) is 7.11 Å². The lowest BCUT2D eigenvalue weighted by Crippen LogP contribution is -2.38. The van der Waals surface area contributed by atoms with Crippen LogP contribution in [0.25, 0.3) is 0 Å². The first kappa shape index (κ1) is 10.9. The third kappa shape index (κ3) is 2.70. The van der Waals surface area contributed by atoms with E-state index in [4.69, 9.17) is 4.43 Å². The molecule has 1 nitrogen and oxygen atoms in total. The Labute approximate surface area is 94.2 Å². The number of hydrogen-bond acceptors (Lipinski definition) is 1. The van der Waals surface area contributed by atoms with E-state index in [9.17, 15) is 0 Å². The van der Waals surface area contributed by atoms with E-state index >= 15 is 0 Å². The molecular formula is C13H20OSi. The maximum Gasteiger partial charge on any atom is 0.210 e. The van der Waals surface area contributed by atoms with E-state index in [-0.39, 0.29) is 0 Å². The number of hydrogen-bond donors (Lipinski definition) is 0. The highest BCUT2D eigenvalue weighted by Gasteiger charge is 2.26. The summed E-state index contributed by atoms with van der Waals surface area (Å²) in [4.78, 5) is 0. The Hall–Kier alpha value is -0.603. The number of rotatable bonds is 3. The monoisotopic (exact) mass is 220 g/mol. The van der Waals surface area contributed by atoms with Crippen molar-refractivity contribution in [3.8, 4) is 0 Å². The first-order valence-electron chi connectivity index (χ1n) is 5.99. The molecule has 15 heavy (non-hydrogen) atoms. The molecular weight excluding hydrogens is 200 g/mol. The first-order valence-corrected chi connectivity index (χ1v) is 7.71. The van der Waals surface area contributed by atoms with Gasteiger partial charge < -0.3 is 4.43 Å². The molecule has 1 aliphatic rings. The van der Waals surface area contributed by atoms with Crippen molar-refractivity contribution in [3.05, 3.63) is 30.3 Å². The zero-order valence-corrected chi connectivity index (χ0v) is 10.6. The molecule has 0 radical (unpaired) electrons. The molecule has 82 valence electrons. The van der Waals surface area contributed by atoms with Crippen LogP contribution in [-0.4, -0.2) is 16.2 Å². The Morgan fingerprint density at radius 2 is 1.73 bits per heavy atom. The van der Waals surface area contributed by atoms with E-state index < -0.39 is 9.04 Å². The Morgan fingerprint density at radius 3 is 2.33 bits per heavy atom. The Morgan fingerprint density at radius 1 is 1.07 bits per heavy atom. The van der Waals surface area contributed by atoms with Crippen LogP contribution >= 0.6 is 0 Å². The van der Waals surface area contributed by atoms with Gasteiger partial charge in [0.25, 0.3) is 0 Å². The van der Waals surface area contributed by atoms with Gasteiger partial charge in [0, 0.05) is 7.11 Å². The van der Waals surface area contributed by atoms with E-state index in [0.717, 1.165) is 5.54 Å². The van der Waals surface area contributed by atoms with Crippen LogP contribution in [0.1, 0.15) is 32.1 Å². The van der Waals surface area contributed by atoms with Crippen molar-refractivity contribution >= 4 is 14.2 Å². The van der Waals surface area contributed by atoms with E-state index in [0.29, 0.717) is 0 Å². The molecule has 1 aromatic rings. The van der Waals surface area contributed by atoms with Crippen LogP contribution in [0.2, 0.25) is 5.54 Å². The van der Waals surface area contributed by atoms with Gasteiger partial charge in [0.1, 0.15) is 0 Å². The summed E-state index contributed by atoms with van der Waals surface area (Å²) < 4.78 is 5.81. The Bertz CT molecular complexity index is 280. The van der Waals surface area contributed by atoms with Crippen molar-refractivity contribution < 1.29 is 4.43 Å². The van der Waals surface area contributed by atoms with Crippen LogP contribution in [-0.2, 0) is 4.43 Å². The van der Waals surface area contributed by atoms with E-state index in [2.05, 4.69) is 30.3 Å². The van der Waals surface area contributed by atoms with Crippen molar-refractivity contribution in [2.24, 2.45) is 0 Å². The standard InChI is InChI=1S/C13H20OSi/c1-14-15(12-8-4-2-5-9-12)13-10-6-3-7-11-13/h2,4-5,8-9,13,15H,3,6-7,10-11H2,1H3. The zero-order chi connectivity index (χ0) is 10.5. The molecule has 0 N–H and O–H groups in total. The quantitative estimate of drug-likeness (QED) is 0.712. The lowest BCUT2D eigenvalue weighted by molar-refractivity contribution is 0.389. The second-order valence-electron chi connectivity index (χ2n) is 4.47. The molecule has 0 aromatic heterocycles. The fourth-order valence-electron chi connectivity index (χ4n) is 2.68. The van der Waals surface area contributed by atoms with Gasteiger partial charge in [0.05, 0.1) is 0 Å². The molecule has 0 amide bonds. The predicted octanol–water partition coefficient (Wildman–Crippen LogP) is 2.60. The smallest absolute Gasteiger partial charge is 0.210 e. The second-order valence-corrected chi connectivity index (χ2v) is 7.39. The lowest BCUT2D eigenvalue weighted by Gasteiger charge is -2.27. The van der Waals surface area contributed by atoms with Gasteiger partial charge in [0.15, 0.2) is 0 Å². The van der Waals surface area contributed by atoms with Crippen molar-refractivity contribution in [3.63, 3.8) is 0 Å². The van der Waals surface area contributed by atoms with Gasteiger partial charge in [-0.3, -0.25) is 0 Å². The average molecular weight is 220 g/mol. The highest BCUT2D eigenvalue weighted by molar-refractivity contribution is 6.68. The molecule has 1 aliphatic carbocycles. The number of benzene rings is 1. The molecule has 1 unspecified atom stereocenters. The highest BCUT2D eigenvalue weighted by Crippen LogP contribution is 2.31. The van der Waals surface area contributed by atoms with E-state index in [1.54, 1.807) is 0 Å². The third-order valence-corrected chi connectivity index (χ3v) is 6.53. The van der Waals surface area contributed by atoms with Gasteiger partial charge in [-0.15, -0.1) is 0 Å². The Kier molecular flexibility index (Phi) is 3.98. The maximum atomic E-state index is 5.81. The summed E-state index contributed by atoms with van der Waals surface area (Å²) in [5.41, 5.74) is 0.867. The minimum atomic E-state index is -1.15. The van der Waals surface area contributed by atoms with Gasteiger partial charge in [-0.25, -0.2) is 0 Å². The molecule has 1 fully saturated rings. The summed E-state index contributed by atoms with van der Waals surface area (Å²) in [6.07, 6.45) is 7.02. The van der Waals surface area contributed by atoms with E-state index in [1.165, 1.54) is 37.3 Å².